The predicted molar refractivity (Wildman–Crippen MR) is 162 cm³/mol. The number of amides is 2. The minimum Gasteiger partial charge on any atom is -0.493 e. The van der Waals surface area contributed by atoms with Gasteiger partial charge in [-0.15, -0.1) is 0 Å². The van der Waals surface area contributed by atoms with Gasteiger partial charge >= 0.3 is 5.97 Å². The number of aliphatic hydroxyl groups excluding tert-OH is 1. The molecule has 2 aliphatic rings. The van der Waals surface area contributed by atoms with Crippen molar-refractivity contribution in [1.82, 2.24) is 5.32 Å². The molecule has 1 fully saturated rings. The molecular weight excluding hydrogens is 803 g/mol. The van der Waals surface area contributed by atoms with Gasteiger partial charge in [0, 0.05) is 91.0 Å². The third-order valence-electron chi connectivity index (χ3n) is 8.29. The third-order valence-corrected chi connectivity index (χ3v) is 8.52. The number of halogens is 1. The molecule has 10 nitrogen and oxygen atoms in total. The number of carboxylic acids is 1. The second-order valence-electron chi connectivity index (χ2n) is 12.1. The zero-order chi connectivity index (χ0) is 31.3. The number of aliphatic hydroxyl groups is 1. The molecule has 1 aliphatic carbocycles. The molecule has 4 rings (SSSR count). The monoisotopic (exact) mass is 843 g/mol. The van der Waals surface area contributed by atoms with E-state index in [-0.39, 0.29) is 81.4 Å². The number of nitrogens with one attached hydrogen (secondary N) is 1. The Balaban J connectivity index is 0.00000529. The van der Waals surface area contributed by atoms with Gasteiger partial charge in [0.15, 0.2) is 11.5 Å². The number of rotatable bonds is 11. The number of para-hydroxylation sites is 1. The number of carbonyl (C=O) groups excluding carboxylic acids is 2. The van der Waals surface area contributed by atoms with Crippen molar-refractivity contribution in [1.29, 1.82) is 0 Å². The first-order valence-corrected chi connectivity index (χ1v) is 14.9. The van der Waals surface area contributed by atoms with E-state index in [9.17, 15) is 24.6 Å². The number of carbonyl (C=O) groups is 3. The van der Waals surface area contributed by atoms with Crippen LogP contribution in [0.3, 0.4) is 0 Å². The van der Waals surface area contributed by atoms with E-state index < -0.39 is 29.5 Å². The van der Waals surface area contributed by atoms with Crippen LogP contribution in [0.1, 0.15) is 63.2 Å². The summed E-state index contributed by atoms with van der Waals surface area (Å²) in [4.78, 5) is 40.3. The summed E-state index contributed by atoms with van der Waals surface area (Å²) < 4.78 is 17.8. The molecule has 0 bridgehead atoms. The number of nitrogens with zero attached hydrogens (tertiary/aromatic N) is 1. The molecule has 1 heterocycles. The minimum absolute atomic E-state index is 0. The minimum atomic E-state index is -1.16. The molecule has 3 N–H and O–H groups in total. The molecule has 0 spiro atoms. The van der Waals surface area contributed by atoms with E-state index in [0.29, 0.717) is 65.6 Å². The summed E-state index contributed by atoms with van der Waals surface area (Å²) >= 11 is 6.47. The van der Waals surface area contributed by atoms with Crippen molar-refractivity contribution in [3.05, 3.63) is 52.5 Å². The van der Waals surface area contributed by atoms with Gasteiger partial charge in [0.25, 0.3) is 5.91 Å². The number of anilines is 1. The van der Waals surface area contributed by atoms with Crippen molar-refractivity contribution in [3.8, 4) is 11.5 Å². The number of hydrogen-bond acceptors (Lipinski definition) is 7. The van der Waals surface area contributed by atoms with Crippen molar-refractivity contribution >= 4 is 35.1 Å². The second kappa shape index (κ2) is 16.1. The van der Waals surface area contributed by atoms with Crippen molar-refractivity contribution in [2.24, 2.45) is 17.3 Å². The molecule has 2 aromatic carbocycles. The topological polar surface area (TPSA) is 135 Å². The van der Waals surface area contributed by atoms with E-state index in [1.165, 1.54) is 14.2 Å². The number of benzene rings is 2. The quantitative estimate of drug-likeness (QED) is 0.299. The Morgan fingerprint density at radius 2 is 1.80 bits per heavy atom. The number of fused-ring (bicyclic) bond motifs is 1. The molecular formula is C32H41AcClN2O8. The summed E-state index contributed by atoms with van der Waals surface area (Å²) in [5.74, 6) is -0.784. The van der Waals surface area contributed by atoms with Crippen LogP contribution in [0.5, 0.6) is 11.5 Å². The first-order valence-electron chi connectivity index (χ1n) is 14.6. The first-order chi connectivity index (χ1) is 20.5. The van der Waals surface area contributed by atoms with Crippen LogP contribution in [0, 0.1) is 61.3 Å². The van der Waals surface area contributed by atoms with E-state index in [2.05, 4.69) is 5.32 Å². The van der Waals surface area contributed by atoms with Crippen molar-refractivity contribution in [3.63, 3.8) is 0 Å². The summed E-state index contributed by atoms with van der Waals surface area (Å²) in [5, 5.41) is 22.7. The van der Waals surface area contributed by atoms with Crippen LogP contribution in [0.4, 0.5) is 5.69 Å². The molecule has 1 radical (unpaired) electrons. The summed E-state index contributed by atoms with van der Waals surface area (Å²) in [6.07, 6.45) is 0.366. The maximum Gasteiger partial charge on any atom is 0.306 e. The van der Waals surface area contributed by atoms with Gasteiger partial charge in [-0.1, -0.05) is 37.6 Å². The van der Waals surface area contributed by atoms with Gasteiger partial charge in [-0.25, -0.2) is 0 Å². The number of ether oxygens (including phenoxy) is 3. The molecule has 0 saturated heterocycles. The number of hydrogen-bond donors (Lipinski definition) is 3. The molecule has 1 aliphatic heterocycles. The van der Waals surface area contributed by atoms with E-state index in [1.54, 1.807) is 35.2 Å². The van der Waals surface area contributed by atoms with Gasteiger partial charge in [0.05, 0.1) is 26.6 Å². The molecule has 2 amide bonds. The zero-order valence-corrected chi connectivity index (χ0v) is 31.2. The summed E-state index contributed by atoms with van der Waals surface area (Å²) in [7, 11) is 3.05. The van der Waals surface area contributed by atoms with E-state index in [1.807, 2.05) is 19.9 Å². The Labute approximate surface area is 299 Å². The van der Waals surface area contributed by atoms with Crippen LogP contribution in [0.2, 0.25) is 5.02 Å². The van der Waals surface area contributed by atoms with Crippen molar-refractivity contribution in [2.45, 2.75) is 58.2 Å². The standard InChI is InChI=1S/C32H41ClN2O8.Ac/c1-32(2,18-36)17-35-24-13-12-21(33)14-23(24)28(22-6-5-7-25(41-3)29(22)42-4)43-26(30(35)38)15-27(37)34-16-19-8-10-20(11-9-19)31(39)40;/h5-7,12-14,19-20,26,28,36H,8-11,15-18H2,1-4H3,(H,34,37)(H,39,40);/t19?,20?,26-,28-;/m1./s1. The zero-order valence-electron chi connectivity index (χ0n) is 25.7. The Kier molecular flexibility index (Phi) is 13.4. The van der Waals surface area contributed by atoms with Gasteiger partial charge in [0.1, 0.15) is 12.2 Å². The largest absolute Gasteiger partial charge is 0.493 e. The smallest absolute Gasteiger partial charge is 0.306 e. The second-order valence-corrected chi connectivity index (χ2v) is 12.5. The van der Waals surface area contributed by atoms with Crippen LogP contribution < -0.4 is 19.7 Å². The van der Waals surface area contributed by atoms with E-state index in [0.717, 1.165) is 0 Å². The van der Waals surface area contributed by atoms with Gasteiger partial charge in [-0.3, -0.25) is 14.4 Å². The SMILES string of the molecule is COc1cccc([C@H]2O[C@H](CC(=O)NCC3CCC(C(=O)O)CC3)C(=O)N(CC(C)(C)CO)c3ccc(Cl)cc32)c1OC.[Ac]. The third kappa shape index (κ3) is 8.67. The molecule has 1 saturated carbocycles. The Morgan fingerprint density at radius 1 is 1.09 bits per heavy atom. The van der Waals surface area contributed by atoms with Crippen molar-refractivity contribution < 1.29 is 82.9 Å². The van der Waals surface area contributed by atoms with E-state index >= 15 is 0 Å². The van der Waals surface area contributed by atoms with E-state index in [4.69, 9.17) is 25.8 Å². The molecule has 12 heteroatoms. The molecule has 2 aromatic rings. The maximum atomic E-state index is 14.2. The van der Waals surface area contributed by atoms with Crippen LogP contribution in [-0.2, 0) is 19.1 Å². The summed E-state index contributed by atoms with van der Waals surface area (Å²) in [6.45, 7) is 4.11. The fraction of sp³-hybridized carbons (Fsp3) is 0.531. The fourth-order valence-electron chi connectivity index (χ4n) is 5.82. The van der Waals surface area contributed by atoms with Crippen LogP contribution in [0.25, 0.3) is 0 Å². The Morgan fingerprint density at radius 3 is 2.41 bits per heavy atom. The number of carboxylic acid groups (broad SMARTS) is 1. The first kappa shape index (κ1) is 36.6. The van der Waals surface area contributed by atoms with Crippen LogP contribution in [-0.4, -0.2) is 68.0 Å². The summed E-state index contributed by atoms with van der Waals surface area (Å²) in [6, 6.07) is 10.6. The Hall–Kier alpha value is -1.90. The Bertz CT molecular complexity index is 1330. The molecule has 0 unspecified atom stereocenters. The molecule has 0 aromatic heterocycles. The van der Waals surface area contributed by atoms with Gasteiger partial charge < -0.3 is 34.6 Å². The summed E-state index contributed by atoms with van der Waals surface area (Å²) in [5.41, 5.74) is 1.12. The maximum absolute atomic E-state index is 14.2. The average molecular weight is 844 g/mol. The number of methoxy groups -OCH3 is 2. The van der Waals surface area contributed by atoms with Gasteiger partial charge in [0.2, 0.25) is 5.91 Å². The van der Waals surface area contributed by atoms with Crippen LogP contribution in [0.15, 0.2) is 36.4 Å². The fourth-order valence-corrected chi connectivity index (χ4v) is 6.00. The predicted octanol–water partition coefficient (Wildman–Crippen LogP) is 4.59. The van der Waals surface area contributed by atoms with Crippen molar-refractivity contribution in [2.75, 3.05) is 38.8 Å². The molecule has 237 valence electrons. The average Bonchev–Trinajstić information content (AvgIpc) is 3.09. The van der Waals surface area contributed by atoms with Crippen LogP contribution >= 0.6 is 11.6 Å². The molecule has 2 atom stereocenters. The van der Waals surface area contributed by atoms with Gasteiger partial charge in [-0.2, -0.15) is 0 Å². The number of aliphatic carboxylic acids is 1. The van der Waals surface area contributed by atoms with Gasteiger partial charge in [-0.05, 0) is 55.9 Å². The molecule has 44 heavy (non-hydrogen) atoms. The normalized spacial score (nSPS) is 21.9.